The molecule has 27 heavy (non-hydrogen) atoms. The number of carbonyl (C=O) groups excluding carboxylic acids is 1. The van der Waals surface area contributed by atoms with Crippen LogP contribution in [0.5, 0.6) is 11.5 Å². The van der Waals surface area contributed by atoms with Crippen LogP contribution in [-0.2, 0) is 17.8 Å². The summed E-state index contributed by atoms with van der Waals surface area (Å²) < 4.78 is 10.7. The van der Waals surface area contributed by atoms with Crippen molar-refractivity contribution < 1.29 is 24.2 Å². The second-order valence-corrected chi connectivity index (χ2v) is 6.61. The molecule has 2 aromatic carbocycles. The van der Waals surface area contributed by atoms with Crippen molar-refractivity contribution in [2.75, 3.05) is 14.2 Å². The minimum absolute atomic E-state index is 0.0232. The lowest BCUT2D eigenvalue weighted by molar-refractivity contribution is -0.131. The first kappa shape index (κ1) is 18.8. The predicted molar refractivity (Wildman–Crippen MR) is 100 cm³/mol. The number of carboxylic acids is 1. The molecule has 0 atom stereocenters. The largest absolute Gasteiger partial charge is 0.497 e. The molecule has 0 aliphatic heterocycles. The van der Waals surface area contributed by atoms with Gasteiger partial charge in [-0.25, -0.2) is 4.79 Å². The summed E-state index contributed by atoms with van der Waals surface area (Å²) >= 11 is 0. The molecule has 0 aromatic heterocycles. The van der Waals surface area contributed by atoms with Crippen molar-refractivity contribution in [1.82, 2.24) is 4.90 Å². The fourth-order valence-electron chi connectivity index (χ4n) is 3.09. The summed E-state index contributed by atoms with van der Waals surface area (Å²) in [6.45, 7) is 0.433. The fourth-order valence-corrected chi connectivity index (χ4v) is 3.09. The standard InChI is InChI=1S/C21H23NO5/c1-26-18-8-9-19(27-2)16(12-18)13-22(17-6-7-17)20(23)11-14-4-3-5-15(10-14)21(24)25/h3-5,8-10,12,17H,6-7,11,13H2,1-2H3,(H,24,25). The number of nitrogens with zero attached hydrogens (tertiary/aromatic N) is 1. The summed E-state index contributed by atoms with van der Waals surface area (Å²) in [6, 6.07) is 12.3. The molecule has 0 spiro atoms. The Labute approximate surface area is 158 Å². The van der Waals surface area contributed by atoms with Crippen LogP contribution in [0.25, 0.3) is 0 Å². The van der Waals surface area contributed by atoms with E-state index in [1.54, 1.807) is 32.4 Å². The van der Waals surface area contributed by atoms with Crippen molar-refractivity contribution in [1.29, 1.82) is 0 Å². The number of rotatable bonds is 8. The van der Waals surface area contributed by atoms with E-state index < -0.39 is 5.97 Å². The first-order valence-electron chi connectivity index (χ1n) is 8.84. The topological polar surface area (TPSA) is 76.1 Å². The molecule has 6 nitrogen and oxygen atoms in total. The van der Waals surface area contributed by atoms with Gasteiger partial charge >= 0.3 is 5.97 Å². The molecule has 1 aliphatic carbocycles. The van der Waals surface area contributed by atoms with Crippen molar-refractivity contribution in [3.05, 3.63) is 59.2 Å². The van der Waals surface area contributed by atoms with Crippen LogP contribution in [-0.4, -0.2) is 42.1 Å². The van der Waals surface area contributed by atoms with Crippen LogP contribution in [0.15, 0.2) is 42.5 Å². The molecule has 1 N–H and O–H groups in total. The molecule has 0 unspecified atom stereocenters. The van der Waals surface area contributed by atoms with Crippen molar-refractivity contribution in [3.63, 3.8) is 0 Å². The second-order valence-electron chi connectivity index (χ2n) is 6.61. The van der Waals surface area contributed by atoms with Gasteiger partial charge in [0.1, 0.15) is 11.5 Å². The molecule has 0 bridgehead atoms. The highest BCUT2D eigenvalue weighted by Crippen LogP contribution is 2.32. The maximum atomic E-state index is 12.9. The Morgan fingerprint density at radius 2 is 1.89 bits per heavy atom. The smallest absolute Gasteiger partial charge is 0.335 e. The number of aromatic carboxylic acids is 1. The van der Waals surface area contributed by atoms with Gasteiger partial charge in [0.2, 0.25) is 5.91 Å². The first-order valence-corrected chi connectivity index (χ1v) is 8.84. The highest BCUT2D eigenvalue weighted by atomic mass is 16.5. The third-order valence-electron chi connectivity index (χ3n) is 4.67. The van der Waals surface area contributed by atoms with E-state index in [0.29, 0.717) is 23.6 Å². The molecule has 1 amide bonds. The van der Waals surface area contributed by atoms with Crippen LogP contribution >= 0.6 is 0 Å². The zero-order valence-corrected chi connectivity index (χ0v) is 15.5. The van der Waals surface area contributed by atoms with Crippen LogP contribution in [0.2, 0.25) is 0 Å². The molecule has 2 aromatic rings. The molecule has 0 saturated heterocycles. The fraction of sp³-hybridized carbons (Fsp3) is 0.333. The van der Waals surface area contributed by atoms with Crippen molar-refractivity contribution >= 4 is 11.9 Å². The zero-order valence-electron chi connectivity index (χ0n) is 15.5. The number of ether oxygens (including phenoxy) is 2. The molecule has 0 heterocycles. The third-order valence-corrected chi connectivity index (χ3v) is 4.67. The average Bonchev–Trinajstić information content (AvgIpc) is 3.51. The van der Waals surface area contributed by atoms with Crippen molar-refractivity contribution in [2.24, 2.45) is 0 Å². The maximum Gasteiger partial charge on any atom is 0.335 e. The Morgan fingerprint density at radius 1 is 1.11 bits per heavy atom. The summed E-state index contributed by atoms with van der Waals surface area (Å²) in [5.74, 6) is 0.402. The van der Waals surface area contributed by atoms with Gasteiger partial charge in [0.25, 0.3) is 0 Å². The summed E-state index contributed by atoms with van der Waals surface area (Å²) in [4.78, 5) is 25.9. The maximum absolute atomic E-state index is 12.9. The lowest BCUT2D eigenvalue weighted by Crippen LogP contribution is -2.34. The first-order chi connectivity index (χ1) is 13.0. The van der Waals surface area contributed by atoms with E-state index >= 15 is 0 Å². The number of amides is 1. The van der Waals surface area contributed by atoms with Crippen molar-refractivity contribution in [2.45, 2.75) is 31.8 Å². The van der Waals surface area contributed by atoms with Gasteiger partial charge in [-0.3, -0.25) is 4.79 Å². The number of methoxy groups -OCH3 is 2. The number of hydrogen-bond acceptors (Lipinski definition) is 4. The van der Waals surface area contributed by atoms with Gasteiger partial charge in [0.05, 0.1) is 26.2 Å². The number of hydrogen-bond donors (Lipinski definition) is 1. The zero-order chi connectivity index (χ0) is 19.4. The van der Waals surface area contributed by atoms with Gasteiger partial charge in [-0.2, -0.15) is 0 Å². The van der Waals surface area contributed by atoms with E-state index in [1.165, 1.54) is 6.07 Å². The number of carboxylic acid groups (broad SMARTS) is 1. The predicted octanol–water partition coefficient (Wildman–Crippen LogP) is 3.14. The Hall–Kier alpha value is -3.02. The third kappa shape index (κ3) is 4.58. The Bertz CT molecular complexity index is 844. The molecule has 0 radical (unpaired) electrons. The summed E-state index contributed by atoms with van der Waals surface area (Å²) in [5.41, 5.74) is 1.77. The van der Waals surface area contributed by atoms with Crippen LogP contribution < -0.4 is 9.47 Å². The molecule has 1 saturated carbocycles. The van der Waals surface area contributed by atoms with E-state index in [4.69, 9.17) is 14.6 Å². The van der Waals surface area contributed by atoms with E-state index in [0.717, 1.165) is 18.4 Å². The minimum Gasteiger partial charge on any atom is -0.497 e. The number of benzene rings is 2. The molecule has 6 heteroatoms. The van der Waals surface area contributed by atoms with Gasteiger partial charge in [-0.05, 0) is 48.7 Å². The Kier molecular flexibility index (Phi) is 5.64. The Balaban J connectivity index is 1.79. The van der Waals surface area contributed by atoms with Gasteiger partial charge < -0.3 is 19.5 Å². The SMILES string of the molecule is COc1ccc(OC)c(CN(C(=O)Cc2cccc(C(=O)O)c2)C2CC2)c1. The molecule has 3 rings (SSSR count). The highest BCUT2D eigenvalue weighted by molar-refractivity contribution is 5.88. The molecule has 1 aliphatic rings. The molecule has 142 valence electrons. The van der Waals surface area contributed by atoms with Crippen LogP contribution in [0.4, 0.5) is 0 Å². The van der Waals surface area contributed by atoms with E-state index in [-0.39, 0.29) is 23.9 Å². The van der Waals surface area contributed by atoms with E-state index in [2.05, 4.69) is 0 Å². The lowest BCUT2D eigenvalue weighted by atomic mass is 10.1. The van der Waals surface area contributed by atoms with Crippen LogP contribution in [0.3, 0.4) is 0 Å². The van der Waals surface area contributed by atoms with Gasteiger partial charge in [0.15, 0.2) is 0 Å². The van der Waals surface area contributed by atoms with E-state index in [1.807, 2.05) is 23.1 Å². The Morgan fingerprint density at radius 3 is 2.52 bits per heavy atom. The van der Waals surface area contributed by atoms with Crippen LogP contribution in [0.1, 0.15) is 34.3 Å². The molecular formula is C21H23NO5. The highest BCUT2D eigenvalue weighted by Gasteiger charge is 2.33. The summed E-state index contributed by atoms with van der Waals surface area (Å²) in [5, 5.41) is 9.13. The van der Waals surface area contributed by atoms with Gasteiger partial charge in [-0.15, -0.1) is 0 Å². The quantitative estimate of drug-likeness (QED) is 0.774. The normalized spacial score (nSPS) is 13.1. The molecule has 1 fully saturated rings. The van der Waals surface area contributed by atoms with E-state index in [9.17, 15) is 9.59 Å². The number of carbonyl (C=O) groups is 2. The summed E-state index contributed by atoms with van der Waals surface area (Å²) in [7, 11) is 3.21. The van der Waals surface area contributed by atoms with Gasteiger partial charge in [-0.1, -0.05) is 12.1 Å². The second kappa shape index (κ2) is 8.12. The van der Waals surface area contributed by atoms with Gasteiger partial charge in [0, 0.05) is 18.2 Å². The molecular weight excluding hydrogens is 346 g/mol. The van der Waals surface area contributed by atoms with Crippen molar-refractivity contribution in [3.8, 4) is 11.5 Å². The van der Waals surface area contributed by atoms with Crippen LogP contribution in [0, 0.1) is 0 Å². The lowest BCUT2D eigenvalue weighted by Gasteiger charge is -2.24. The minimum atomic E-state index is -0.996. The monoisotopic (exact) mass is 369 g/mol. The average molecular weight is 369 g/mol. The summed E-state index contributed by atoms with van der Waals surface area (Å²) in [6.07, 6.45) is 2.13.